The van der Waals surface area contributed by atoms with Gasteiger partial charge in [0.1, 0.15) is 0 Å². The highest BCUT2D eigenvalue weighted by Gasteiger charge is 1.99. The first-order chi connectivity index (χ1) is 24.8. The molecule has 0 aromatic rings. The number of rotatable bonds is 46. The summed E-state index contributed by atoms with van der Waals surface area (Å²) >= 11 is 0. The molecular weight excluding hydrogens is 609 g/mol. The van der Waals surface area contributed by atoms with E-state index in [9.17, 15) is 4.79 Å². The van der Waals surface area contributed by atoms with Gasteiger partial charge in [-0.3, -0.25) is 4.79 Å². The smallest absolute Gasteiger partial charge is 0.303 e. The van der Waals surface area contributed by atoms with Crippen LogP contribution in [0.25, 0.3) is 0 Å². The van der Waals surface area contributed by atoms with Crippen LogP contribution in [-0.4, -0.2) is 11.1 Å². The van der Waals surface area contributed by atoms with Crippen molar-refractivity contribution in [2.24, 2.45) is 0 Å². The fraction of sp³-hybridized carbons (Fsp3) is 0.979. The largest absolute Gasteiger partial charge is 0.481 e. The molecule has 300 valence electrons. The Labute approximate surface area is 317 Å². The van der Waals surface area contributed by atoms with Gasteiger partial charge in [-0.25, -0.2) is 0 Å². The molecule has 2 nitrogen and oxygen atoms in total. The van der Waals surface area contributed by atoms with Crippen LogP contribution >= 0.6 is 0 Å². The summed E-state index contributed by atoms with van der Waals surface area (Å²) in [5.74, 6) is -0.646. The number of aliphatic carboxylic acids is 1. The summed E-state index contributed by atoms with van der Waals surface area (Å²) < 4.78 is 0. The molecule has 0 aliphatic heterocycles. The topological polar surface area (TPSA) is 37.3 Å². The van der Waals surface area contributed by atoms with E-state index in [1.54, 1.807) is 0 Å². The summed E-state index contributed by atoms with van der Waals surface area (Å²) in [5, 5.41) is 8.66. The standard InChI is InChI=1S/C48H96O2/c1-2-3-4-5-6-7-8-9-10-11-12-13-14-15-16-17-18-19-20-21-22-23-24-25-26-27-28-29-30-31-32-33-34-35-36-37-38-39-40-41-42-43-44-45-46-47-48(49)50/h2-47H2,1H3,(H,49,50). The molecule has 0 radical (unpaired) electrons. The van der Waals surface area contributed by atoms with Crippen LogP contribution in [0.3, 0.4) is 0 Å². The van der Waals surface area contributed by atoms with Gasteiger partial charge >= 0.3 is 5.97 Å². The molecule has 0 heterocycles. The summed E-state index contributed by atoms with van der Waals surface area (Å²) in [6.07, 6.45) is 64.8. The average Bonchev–Trinajstić information content (AvgIpc) is 3.11. The zero-order chi connectivity index (χ0) is 36.1. The van der Waals surface area contributed by atoms with Gasteiger partial charge in [-0.05, 0) is 6.42 Å². The van der Waals surface area contributed by atoms with Gasteiger partial charge in [-0.1, -0.05) is 289 Å². The molecule has 0 fully saturated rings. The molecule has 0 saturated heterocycles. The van der Waals surface area contributed by atoms with E-state index in [4.69, 9.17) is 5.11 Å². The maximum Gasteiger partial charge on any atom is 0.303 e. The predicted octanol–water partition coefficient (Wildman–Crippen LogP) is 18.0. The Kier molecular flexibility index (Phi) is 46.0. The first kappa shape index (κ1) is 49.5. The van der Waals surface area contributed by atoms with E-state index >= 15 is 0 Å². The maximum absolute atomic E-state index is 10.5. The van der Waals surface area contributed by atoms with Crippen LogP contribution in [0.2, 0.25) is 0 Å². The molecule has 0 saturated carbocycles. The van der Waals surface area contributed by atoms with Crippen molar-refractivity contribution in [2.45, 2.75) is 302 Å². The second-order valence-corrected chi connectivity index (χ2v) is 16.7. The number of hydrogen-bond donors (Lipinski definition) is 1. The first-order valence-electron chi connectivity index (χ1n) is 24.0. The summed E-state index contributed by atoms with van der Waals surface area (Å²) in [6, 6.07) is 0. The molecule has 0 bridgehead atoms. The molecule has 1 N–H and O–H groups in total. The fourth-order valence-corrected chi connectivity index (χ4v) is 7.95. The van der Waals surface area contributed by atoms with Gasteiger partial charge in [0.2, 0.25) is 0 Å². The Bertz CT molecular complexity index is 601. The molecule has 50 heavy (non-hydrogen) atoms. The highest BCUT2D eigenvalue weighted by molar-refractivity contribution is 5.66. The molecule has 0 rings (SSSR count). The molecule has 0 aliphatic carbocycles. The second-order valence-electron chi connectivity index (χ2n) is 16.7. The lowest BCUT2D eigenvalue weighted by molar-refractivity contribution is -0.137. The SMILES string of the molecule is CCCCCCCCCCCCCCCCCCCCCCCCCCCCCCCCCCCCCCCCCCCCCCCC(=O)O. The zero-order valence-corrected chi connectivity index (χ0v) is 34.9. The van der Waals surface area contributed by atoms with Crippen molar-refractivity contribution in [3.05, 3.63) is 0 Å². The van der Waals surface area contributed by atoms with Gasteiger partial charge in [0.25, 0.3) is 0 Å². The number of carboxylic acids is 1. The third kappa shape index (κ3) is 47.5. The number of unbranched alkanes of at least 4 members (excludes halogenated alkanes) is 44. The summed E-state index contributed by atoms with van der Waals surface area (Å²) in [7, 11) is 0. The van der Waals surface area contributed by atoms with Crippen molar-refractivity contribution in [3.8, 4) is 0 Å². The van der Waals surface area contributed by atoms with Crippen molar-refractivity contribution in [1.82, 2.24) is 0 Å². The summed E-state index contributed by atoms with van der Waals surface area (Å²) in [6.45, 7) is 2.31. The molecule has 0 aliphatic rings. The third-order valence-corrected chi connectivity index (χ3v) is 11.5. The van der Waals surface area contributed by atoms with Crippen LogP contribution in [0.1, 0.15) is 302 Å². The van der Waals surface area contributed by atoms with Gasteiger partial charge < -0.3 is 5.11 Å². The molecule has 0 aromatic heterocycles. The Morgan fingerprint density at radius 3 is 0.480 bits per heavy atom. The molecule has 0 spiro atoms. The van der Waals surface area contributed by atoms with Crippen LogP contribution in [0, 0.1) is 0 Å². The molecule has 2 heteroatoms. The van der Waals surface area contributed by atoms with E-state index in [0.29, 0.717) is 6.42 Å². The van der Waals surface area contributed by atoms with Crippen molar-refractivity contribution in [1.29, 1.82) is 0 Å². The second kappa shape index (κ2) is 46.5. The molecule has 0 aromatic carbocycles. The number of carboxylic acid groups (broad SMARTS) is 1. The van der Waals surface area contributed by atoms with Crippen molar-refractivity contribution in [2.75, 3.05) is 0 Å². The van der Waals surface area contributed by atoms with Crippen LogP contribution in [0.5, 0.6) is 0 Å². The molecule has 0 amide bonds. The maximum atomic E-state index is 10.5. The van der Waals surface area contributed by atoms with Gasteiger partial charge in [0, 0.05) is 6.42 Å². The van der Waals surface area contributed by atoms with Crippen LogP contribution in [0.4, 0.5) is 0 Å². The molecule has 0 unspecified atom stereocenters. The molecule has 0 atom stereocenters. The lowest BCUT2D eigenvalue weighted by atomic mass is 10.0. The lowest BCUT2D eigenvalue weighted by Crippen LogP contribution is -1.93. The van der Waals surface area contributed by atoms with Crippen molar-refractivity contribution >= 4 is 5.97 Å². The lowest BCUT2D eigenvalue weighted by Gasteiger charge is -2.05. The monoisotopic (exact) mass is 705 g/mol. The minimum atomic E-state index is -0.646. The Morgan fingerprint density at radius 1 is 0.240 bits per heavy atom. The fourth-order valence-electron chi connectivity index (χ4n) is 7.95. The number of hydrogen-bond acceptors (Lipinski definition) is 1. The Balaban J connectivity index is 3.05. The van der Waals surface area contributed by atoms with E-state index in [1.807, 2.05) is 0 Å². The van der Waals surface area contributed by atoms with Crippen molar-refractivity contribution < 1.29 is 9.90 Å². The Morgan fingerprint density at radius 2 is 0.360 bits per heavy atom. The van der Waals surface area contributed by atoms with E-state index in [0.717, 1.165) is 12.8 Å². The Hall–Kier alpha value is -0.530. The quantitative estimate of drug-likeness (QED) is 0.0641. The average molecular weight is 705 g/mol. The highest BCUT2D eigenvalue weighted by atomic mass is 16.4. The highest BCUT2D eigenvalue weighted by Crippen LogP contribution is 2.18. The van der Waals surface area contributed by atoms with Crippen LogP contribution in [0.15, 0.2) is 0 Å². The predicted molar refractivity (Wildman–Crippen MR) is 226 cm³/mol. The van der Waals surface area contributed by atoms with Gasteiger partial charge in [0.05, 0.1) is 0 Å². The minimum absolute atomic E-state index is 0.347. The van der Waals surface area contributed by atoms with E-state index in [-0.39, 0.29) is 0 Å². The van der Waals surface area contributed by atoms with Gasteiger partial charge in [-0.15, -0.1) is 0 Å². The zero-order valence-electron chi connectivity index (χ0n) is 34.9. The first-order valence-corrected chi connectivity index (χ1v) is 24.0. The minimum Gasteiger partial charge on any atom is -0.481 e. The molecular formula is C48H96O2. The van der Waals surface area contributed by atoms with Gasteiger partial charge in [-0.2, -0.15) is 0 Å². The van der Waals surface area contributed by atoms with Gasteiger partial charge in [0.15, 0.2) is 0 Å². The van der Waals surface area contributed by atoms with E-state index < -0.39 is 5.97 Å². The van der Waals surface area contributed by atoms with Crippen LogP contribution < -0.4 is 0 Å². The normalized spacial score (nSPS) is 11.5. The van der Waals surface area contributed by atoms with E-state index in [2.05, 4.69) is 6.92 Å². The summed E-state index contributed by atoms with van der Waals surface area (Å²) in [5.41, 5.74) is 0. The number of carbonyl (C=O) groups is 1. The van der Waals surface area contributed by atoms with E-state index in [1.165, 1.54) is 276 Å². The van der Waals surface area contributed by atoms with Crippen molar-refractivity contribution in [3.63, 3.8) is 0 Å². The third-order valence-electron chi connectivity index (χ3n) is 11.5. The van der Waals surface area contributed by atoms with Crippen LogP contribution in [-0.2, 0) is 4.79 Å². The summed E-state index contributed by atoms with van der Waals surface area (Å²) in [4.78, 5) is 10.5.